The van der Waals surface area contributed by atoms with Gasteiger partial charge in [0.15, 0.2) is 0 Å². The lowest BCUT2D eigenvalue weighted by atomic mass is 9.81. The second-order valence-corrected chi connectivity index (χ2v) is 7.06. The number of hydrogen-bond donors (Lipinski definition) is 1. The standard InChI is InChI=1S/C15H22BrNS/c1-2-17-14(9-12-5-3-6-12)11-18-15-8-4-7-13(16)10-15/h4,7-8,10,12,14,17H,2-3,5-6,9,11H2,1H3. The monoisotopic (exact) mass is 327 g/mol. The first kappa shape index (κ1) is 14.4. The second-order valence-electron chi connectivity index (χ2n) is 5.06. The topological polar surface area (TPSA) is 12.0 Å². The molecule has 0 heterocycles. The van der Waals surface area contributed by atoms with Crippen LogP contribution in [0.2, 0.25) is 0 Å². The van der Waals surface area contributed by atoms with Crippen molar-refractivity contribution in [2.75, 3.05) is 12.3 Å². The van der Waals surface area contributed by atoms with E-state index in [-0.39, 0.29) is 0 Å². The predicted molar refractivity (Wildman–Crippen MR) is 84.3 cm³/mol. The van der Waals surface area contributed by atoms with Gasteiger partial charge in [-0.1, -0.05) is 48.2 Å². The van der Waals surface area contributed by atoms with Crippen molar-refractivity contribution in [2.24, 2.45) is 5.92 Å². The molecule has 0 radical (unpaired) electrons. The molecule has 0 bridgehead atoms. The van der Waals surface area contributed by atoms with Crippen LogP contribution in [0.3, 0.4) is 0 Å². The van der Waals surface area contributed by atoms with Crippen molar-refractivity contribution >= 4 is 27.7 Å². The van der Waals surface area contributed by atoms with Gasteiger partial charge in [0.25, 0.3) is 0 Å². The minimum atomic E-state index is 0.671. The molecule has 1 aromatic carbocycles. The van der Waals surface area contributed by atoms with Gasteiger partial charge in [0.2, 0.25) is 0 Å². The highest BCUT2D eigenvalue weighted by molar-refractivity contribution is 9.10. The van der Waals surface area contributed by atoms with Crippen LogP contribution in [0.25, 0.3) is 0 Å². The van der Waals surface area contributed by atoms with E-state index in [4.69, 9.17) is 0 Å². The molecule has 0 spiro atoms. The summed E-state index contributed by atoms with van der Waals surface area (Å²) in [5.41, 5.74) is 0. The summed E-state index contributed by atoms with van der Waals surface area (Å²) in [4.78, 5) is 1.36. The Morgan fingerprint density at radius 1 is 1.44 bits per heavy atom. The Morgan fingerprint density at radius 2 is 2.28 bits per heavy atom. The number of thioether (sulfide) groups is 1. The summed E-state index contributed by atoms with van der Waals surface area (Å²) < 4.78 is 1.17. The molecule has 0 aromatic heterocycles. The fraction of sp³-hybridized carbons (Fsp3) is 0.600. The lowest BCUT2D eigenvalue weighted by molar-refractivity contribution is 0.269. The van der Waals surface area contributed by atoms with Gasteiger partial charge in [-0.3, -0.25) is 0 Å². The van der Waals surface area contributed by atoms with Crippen LogP contribution in [0.15, 0.2) is 33.6 Å². The highest BCUT2D eigenvalue weighted by atomic mass is 79.9. The van der Waals surface area contributed by atoms with Gasteiger partial charge in [-0.05, 0) is 37.1 Å². The molecule has 1 aliphatic rings. The maximum absolute atomic E-state index is 3.63. The molecule has 18 heavy (non-hydrogen) atoms. The zero-order valence-corrected chi connectivity index (χ0v) is 13.4. The lowest BCUT2D eigenvalue weighted by Gasteiger charge is -2.30. The first-order valence-electron chi connectivity index (χ1n) is 6.89. The van der Waals surface area contributed by atoms with E-state index in [1.54, 1.807) is 0 Å². The first-order chi connectivity index (χ1) is 8.78. The SMILES string of the molecule is CCNC(CSc1cccc(Br)c1)CC1CCC1. The van der Waals surface area contributed by atoms with Crippen LogP contribution < -0.4 is 5.32 Å². The molecular weight excluding hydrogens is 306 g/mol. The molecule has 1 nitrogen and oxygen atoms in total. The zero-order valence-electron chi connectivity index (χ0n) is 11.0. The highest BCUT2D eigenvalue weighted by Gasteiger charge is 2.21. The summed E-state index contributed by atoms with van der Waals surface area (Å²) in [6.45, 7) is 3.29. The summed E-state index contributed by atoms with van der Waals surface area (Å²) >= 11 is 5.50. The second kappa shape index (κ2) is 7.56. The van der Waals surface area contributed by atoms with Gasteiger partial charge in [0.1, 0.15) is 0 Å². The molecule has 1 aromatic rings. The van der Waals surface area contributed by atoms with E-state index >= 15 is 0 Å². The molecule has 1 aliphatic carbocycles. The number of hydrogen-bond acceptors (Lipinski definition) is 2. The van der Waals surface area contributed by atoms with Crippen LogP contribution in [0.4, 0.5) is 0 Å². The van der Waals surface area contributed by atoms with Crippen molar-refractivity contribution in [3.8, 4) is 0 Å². The van der Waals surface area contributed by atoms with Crippen molar-refractivity contribution in [1.29, 1.82) is 0 Å². The van der Waals surface area contributed by atoms with E-state index in [0.29, 0.717) is 6.04 Å². The molecular formula is C15H22BrNS. The Bertz CT molecular complexity index is 365. The molecule has 100 valence electrons. The fourth-order valence-corrected chi connectivity index (χ4v) is 3.97. The van der Waals surface area contributed by atoms with Crippen molar-refractivity contribution in [3.63, 3.8) is 0 Å². The maximum Gasteiger partial charge on any atom is 0.0186 e. The summed E-state index contributed by atoms with van der Waals surface area (Å²) in [7, 11) is 0. The van der Waals surface area contributed by atoms with E-state index in [1.807, 2.05) is 11.8 Å². The maximum atomic E-state index is 3.63. The van der Waals surface area contributed by atoms with Crippen molar-refractivity contribution in [2.45, 2.75) is 43.5 Å². The van der Waals surface area contributed by atoms with E-state index in [2.05, 4.69) is 52.4 Å². The third kappa shape index (κ3) is 4.60. The largest absolute Gasteiger partial charge is 0.313 e. The molecule has 0 amide bonds. The predicted octanol–water partition coefficient (Wildman–Crippen LogP) is 4.71. The zero-order chi connectivity index (χ0) is 12.8. The number of rotatable bonds is 7. The molecule has 0 saturated heterocycles. The van der Waals surface area contributed by atoms with Gasteiger partial charge in [0, 0.05) is 21.2 Å². The Kier molecular flexibility index (Phi) is 6.06. The minimum Gasteiger partial charge on any atom is -0.313 e. The van der Waals surface area contributed by atoms with Crippen LogP contribution in [0.5, 0.6) is 0 Å². The van der Waals surface area contributed by atoms with Crippen molar-refractivity contribution in [3.05, 3.63) is 28.7 Å². The molecule has 1 atom stereocenters. The average molecular weight is 328 g/mol. The summed E-state index contributed by atoms with van der Waals surface area (Å²) in [5, 5.41) is 3.63. The van der Waals surface area contributed by atoms with Gasteiger partial charge in [-0.25, -0.2) is 0 Å². The molecule has 1 saturated carbocycles. The third-order valence-corrected chi connectivity index (χ3v) is 5.23. The number of halogens is 1. The quantitative estimate of drug-likeness (QED) is 0.728. The Hall–Kier alpha value is 0.01000. The highest BCUT2D eigenvalue weighted by Crippen LogP contribution is 2.32. The van der Waals surface area contributed by atoms with Gasteiger partial charge in [-0.15, -0.1) is 11.8 Å². The van der Waals surface area contributed by atoms with E-state index in [9.17, 15) is 0 Å². The smallest absolute Gasteiger partial charge is 0.0186 e. The lowest BCUT2D eigenvalue weighted by Crippen LogP contribution is -2.34. The van der Waals surface area contributed by atoms with Gasteiger partial charge < -0.3 is 5.32 Å². The van der Waals surface area contributed by atoms with E-state index < -0.39 is 0 Å². The Balaban J connectivity index is 1.80. The van der Waals surface area contributed by atoms with E-state index in [1.165, 1.54) is 40.8 Å². The summed E-state index contributed by atoms with van der Waals surface area (Å²) in [5.74, 6) is 2.16. The number of nitrogens with one attached hydrogen (secondary N) is 1. The van der Waals surface area contributed by atoms with Crippen molar-refractivity contribution in [1.82, 2.24) is 5.32 Å². The van der Waals surface area contributed by atoms with Gasteiger partial charge in [-0.2, -0.15) is 0 Å². The van der Waals surface area contributed by atoms with Crippen LogP contribution in [-0.2, 0) is 0 Å². The summed E-state index contributed by atoms with van der Waals surface area (Å²) in [6.07, 6.45) is 5.70. The molecule has 1 N–H and O–H groups in total. The Morgan fingerprint density at radius 3 is 2.89 bits per heavy atom. The Labute approximate surface area is 123 Å². The number of benzene rings is 1. The molecule has 0 aliphatic heterocycles. The summed E-state index contributed by atoms with van der Waals surface area (Å²) in [6, 6.07) is 9.27. The molecule has 3 heteroatoms. The molecule has 1 fully saturated rings. The third-order valence-electron chi connectivity index (χ3n) is 3.58. The van der Waals surface area contributed by atoms with Crippen LogP contribution in [0.1, 0.15) is 32.6 Å². The normalized spacial score (nSPS) is 17.4. The van der Waals surface area contributed by atoms with Crippen LogP contribution >= 0.6 is 27.7 Å². The van der Waals surface area contributed by atoms with Crippen molar-refractivity contribution < 1.29 is 0 Å². The van der Waals surface area contributed by atoms with Gasteiger partial charge >= 0.3 is 0 Å². The van der Waals surface area contributed by atoms with Gasteiger partial charge in [0.05, 0.1) is 0 Å². The van der Waals surface area contributed by atoms with Crippen LogP contribution in [0, 0.1) is 5.92 Å². The fourth-order valence-electron chi connectivity index (χ4n) is 2.38. The van der Waals surface area contributed by atoms with Crippen LogP contribution in [-0.4, -0.2) is 18.3 Å². The molecule has 2 rings (SSSR count). The first-order valence-corrected chi connectivity index (χ1v) is 8.67. The van der Waals surface area contributed by atoms with E-state index in [0.717, 1.165) is 12.5 Å². The molecule has 1 unspecified atom stereocenters. The average Bonchev–Trinajstić information content (AvgIpc) is 2.30. The minimum absolute atomic E-state index is 0.671.